The van der Waals surface area contributed by atoms with Crippen LogP contribution in [0.5, 0.6) is 0 Å². The third-order valence-electron chi connectivity index (χ3n) is 3.91. The molecule has 0 bridgehead atoms. The summed E-state index contributed by atoms with van der Waals surface area (Å²) in [7, 11) is 0. The standard InChI is InChI=1S/C14H25NO/c1-3-13-7-5-8-14(11-13,12-15)9-6-10-16-4-2/h13H,3-11H2,1-2H3. The molecule has 16 heavy (non-hydrogen) atoms. The van der Waals surface area contributed by atoms with Crippen LogP contribution in [-0.4, -0.2) is 13.2 Å². The van der Waals surface area contributed by atoms with Crippen LogP contribution in [0.1, 0.15) is 58.8 Å². The van der Waals surface area contributed by atoms with Gasteiger partial charge in [0.05, 0.1) is 11.5 Å². The molecule has 0 heterocycles. The fourth-order valence-corrected chi connectivity index (χ4v) is 2.88. The topological polar surface area (TPSA) is 33.0 Å². The lowest BCUT2D eigenvalue weighted by Crippen LogP contribution is -2.27. The highest BCUT2D eigenvalue weighted by atomic mass is 16.5. The molecule has 2 atom stereocenters. The molecule has 2 nitrogen and oxygen atoms in total. The molecular weight excluding hydrogens is 198 g/mol. The second-order valence-corrected chi connectivity index (χ2v) is 5.06. The lowest BCUT2D eigenvalue weighted by Gasteiger charge is -2.35. The van der Waals surface area contributed by atoms with Crippen LogP contribution in [0.2, 0.25) is 0 Å². The molecule has 0 aliphatic heterocycles. The van der Waals surface area contributed by atoms with Crippen molar-refractivity contribution in [1.29, 1.82) is 5.26 Å². The Bertz CT molecular complexity index is 233. The van der Waals surface area contributed by atoms with E-state index in [4.69, 9.17) is 4.74 Å². The Labute approximate surface area is 100.0 Å². The zero-order chi connectivity index (χ0) is 11.9. The number of hydrogen-bond acceptors (Lipinski definition) is 2. The maximum absolute atomic E-state index is 9.42. The molecular formula is C14H25NO. The van der Waals surface area contributed by atoms with Gasteiger partial charge in [0.25, 0.3) is 0 Å². The quantitative estimate of drug-likeness (QED) is 0.639. The third kappa shape index (κ3) is 3.79. The van der Waals surface area contributed by atoms with Crippen LogP contribution in [0, 0.1) is 22.7 Å². The van der Waals surface area contributed by atoms with E-state index in [1.54, 1.807) is 0 Å². The van der Waals surface area contributed by atoms with Gasteiger partial charge in [-0.2, -0.15) is 5.26 Å². The van der Waals surface area contributed by atoms with Gasteiger partial charge in [-0.05, 0) is 38.5 Å². The molecule has 1 rings (SSSR count). The fourth-order valence-electron chi connectivity index (χ4n) is 2.88. The molecule has 0 aromatic rings. The van der Waals surface area contributed by atoms with Gasteiger partial charge in [0.2, 0.25) is 0 Å². The molecule has 0 radical (unpaired) electrons. The molecule has 0 saturated heterocycles. The van der Waals surface area contributed by atoms with Gasteiger partial charge < -0.3 is 4.74 Å². The highest BCUT2D eigenvalue weighted by Crippen LogP contribution is 2.43. The molecule has 1 aliphatic carbocycles. The van der Waals surface area contributed by atoms with Gasteiger partial charge in [-0.3, -0.25) is 0 Å². The van der Waals surface area contributed by atoms with E-state index in [9.17, 15) is 5.26 Å². The second-order valence-electron chi connectivity index (χ2n) is 5.06. The van der Waals surface area contributed by atoms with E-state index in [0.717, 1.165) is 44.8 Å². The maximum atomic E-state index is 9.42. The van der Waals surface area contributed by atoms with Crippen molar-refractivity contribution in [3.63, 3.8) is 0 Å². The van der Waals surface area contributed by atoms with Gasteiger partial charge >= 0.3 is 0 Å². The molecule has 1 aliphatic rings. The minimum absolute atomic E-state index is 0.0317. The van der Waals surface area contributed by atoms with Crippen molar-refractivity contribution < 1.29 is 4.74 Å². The van der Waals surface area contributed by atoms with Gasteiger partial charge in [0, 0.05) is 13.2 Å². The van der Waals surface area contributed by atoms with Crippen LogP contribution in [0.15, 0.2) is 0 Å². The van der Waals surface area contributed by atoms with Crippen molar-refractivity contribution in [1.82, 2.24) is 0 Å². The highest BCUT2D eigenvalue weighted by molar-refractivity contribution is 5.01. The summed E-state index contributed by atoms with van der Waals surface area (Å²) < 4.78 is 5.36. The zero-order valence-corrected chi connectivity index (χ0v) is 10.8. The first-order valence-electron chi connectivity index (χ1n) is 6.75. The van der Waals surface area contributed by atoms with Gasteiger partial charge in [-0.25, -0.2) is 0 Å². The maximum Gasteiger partial charge on any atom is 0.0689 e. The average Bonchev–Trinajstić information content (AvgIpc) is 2.35. The summed E-state index contributed by atoms with van der Waals surface area (Å²) in [6.07, 6.45) is 8.08. The SMILES string of the molecule is CCOCCCC1(C#N)CCCC(CC)C1. The Morgan fingerprint density at radius 2 is 2.25 bits per heavy atom. The highest BCUT2D eigenvalue weighted by Gasteiger charge is 2.35. The minimum atomic E-state index is -0.0317. The monoisotopic (exact) mass is 223 g/mol. The summed E-state index contributed by atoms with van der Waals surface area (Å²) in [5, 5.41) is 9.42. The Kier molecular flexibility index (Phi) is 5.84. The number of ether oxygens (including phenoxy) is 1. The van der Waals surface area contributed by atoms with E-state index in [1.165, 1.54) is 19.3 Å². The summed E-state index contributed by atoms with van der Waals surface area (Å²) in [6.45, 7) is 5.87. The van der Waals surface area contributed by atoms with Crippen LogP contribution < -0.4 is 0 Å². The molecule has 2 unspecified atom stereocenters. The molecule has 1 saturated carbocycles. The second kappa shape index (κ2) is 6.91. The lowest BCUT2D eigenvalue weighted by molar-refractivity contribution is 0.119. The Morgan fingerprint density at radius 1 is 1.44 bits per heavy atom. The summed E-state index contributed by atoms with van der Waals surface area (Å²) in [6, 6.07) is 2.60. The summed E-state index contributed by atoms with van der Waals surface area (Å²) >= 11 is 0. The summed E-state index contributed by atoms with van der Waals surface area (Å²) in [4.78, 5) is 0. The largest absolute Gasteiger partial charge is 0.382 e. The normalized spacial score (nSPS) is 29.9. The van der Waals surface area contributed by atoms with Crippen molar-refractivity contribution in [3.8, 4) is 6.07 Å². The van der Waals surface area contributed by atoms with E-state index < -0.39 is 0 Å². The third-order valence-corrected chi connectivity index (χ3v) is 3.91. The Balaban J connectivity index is 2.40. The number of hydrogen-bond donors (Lipinski definition) is 0. The van der Waals surface area contributed by atoms with Crippen LogP contribution in [0.25, 0.3) is 0 Å². The van der Waals surface area contributed by atoms with Crippen molar-refractivity contribution in [2.45, 2.75) is 58.8 Å². The van der Waals surface area contributed by atoms with E-state index in [-0.39, 0.29) is 5.41 Å². The van der Waals surface area contributed by atoms with Crippen LogP contribution in [-0.2, 0) is 4.74 Å². The average molecular weight is 223 g/mol. The fraction of sp³-hybridized carbons (Fsp3) is 0.929. The van der Waals surface area contributed by atoms with Crippen molar-refractivity contribution in [3.05, 3.63) is 0 Å². The van der Waals surface area contributed by atoms with Gasteiger partial charge in [-0.1, -0.05) is 26.2 Å². The molecule has 0 spiro atoms. The van der Waals surface area contributed by atoms with Crippen LogP contribution >= 0.6 is 0 Å². The van der Waals surface area contributed by atoms with Gasteiger partial charge in [-0.15, -0.1) is 0 Å². The summed E-state index contributed by atoms with van der Waals surface area (Å²) in [5.41, 5.74) is -0.0317. The molecule has 0 aromatic heterocycles. The number of rotatable bonds is 6. The smallest absolute Gasteiger partial charge is 0.0689 e. The Morgan fingerprint density at radius 3 is 2.88 bits per heavy atom. The van der Waals surface area contributed by atoms with Gasteiger partial charge in [0.1, 0.15) is 0 Å². The predicted molar refractivity (Wildman–Crippen MR) is 66.0 cm³/mol. The van der Waals surface area contributed by atoms with Crippen LogP contribution in [0.3, 0.4) is 0 Å². The molecule has 1 fully saturated rings. The van der Waals surface area contributed by atoms with Crippen molar-refractivity contribution in [2.24, 2.45) is 11.3 Å². The van der Waals surface area contributed by atoms with Crippen molar-refractivity contribution >= 4 is 0 Å². The van der Waals surface area contributed by atoms with Crippen LogP contribution in [0.4, 0.5) is 0 Å². The first-order chi connectivity index (χ1) is 7.76. The lowest BCUT2D eigenvalue weighted by atomic mass is 9.67. The van der Waals surface area contributed by atoms with E-state index in [2.05, 4.69) is 13.0 Å². The first kappa shape index (κ1) is 13.5. The molecule has 92 valence electrons. The Hall–Kier alpha value is -0.550. The van der Waals surface area contributed by atoms with E-state index in [0.29, 0.717) is 0 Å². The number of nitrogens with zero attached hydrogens (tertiary/aromatic N) is 1. The zero-order valence-electron chi connectivity index (χ0n) is 10.8. The van der Waals surface area contributed by atoms with E-state index in [1.807, 2.05) is 6.92 Å². The van der Waals surface area contributed by atoms with Crippen molar-refractivity contribution in [2.75, 3.05) is 13.2 Å². The van der Waals surface area contributed by atoms with Gasteiger partial charge in [0.15, 0.2) is 0 Å². The van der Waals surface area contributed by atoms with E-state index >= 15 is 0 Å². The molecule has 0 N–H and O–H groups in total. The summed E-state index contributed by atoms with van der Waals surface area (Å²) in [5.74, 6) is 0.778. The molecule has 2 heteroatoms. The molecule has 0 amide bonds. The number of nitriles is 1. The first-order valence-corrected chi connectivity index (χ1v) is 6.75. The predicted octanol–water partition coefficient (Wildman–Crippen LogP) is 3.91. The molecule has 0 aromatic carbocycles. The minimum Gasteiger partial charge on any atom is -0.382 e.